The van der Waals surface area contributed by atoms with E-state index in [0.717, 1.165) is 22.6 Å². The summed E-state index contributed by atoms with van der Waals surface area (Å²) in [6.45, 7) is 0.792. The van der Waals surface area contributed by atoms with E-state index in [1.165, 1.54) is 23.5 Å². The SMILES string of the molecule is Cn1c(C(=O)N2CCc3sc(C(=O)NO)cc3C2)cc2oc(-c3cccc(C(F)(F)F)c3)cc21. The minimum Gasteiger partial charge on any atom is -0.454 e. The van der Waals surface area contributed by atoms with Crippen LogP contribution in [0.2, 0.25) is 0 Å². The van der Waals surface area contributed by atoms with Crippen LogP contribution < -0.4 is 5.48 Å². The zero-order chi connectivity index (χ0) is 24.2. The van der Waals surface area contributed by atoms with E-state index in [0.29, 0.717) is 46.7 Å². The molecule has 4 heterocycles. The van der Waals surface area contributed by atoms with Gasteiger partial charge in [0.15, 0.2) is 5.58 Å². The van der Waals surface area contributed by atoms with Gasteiger partial charge in [0.2, 0.25) is 0 Å². The van der Waals surface area contributed by atoms with Crippen LogP contribution in [0, 0.1) is 0 Å². The van der Waals surface area contributed by atoms with E-state index in [4.69, 9.17) is 9.62 Å². The van der Waals surface area contributed by atoms with Gasteiger partial charge < -0.3 is 13.9 Å². The normalized spacial score (nSPS) is 13.9. The van der Waals surface area contributed by atoms with Crippen LogP contribution in [-0.2, 0) is 26.2 Å². The average Bonchev–Trinajstić information content (AvgIpc) is 3.51. The molecule has 2 amide bonds. The Morgan fingerprint density at radius 3 is 2.68 bits per heavy atom. The molecule has 4 aromatic rings. The number of thiophene rings is 1. The van der Waals surface area contributed by atoms with Crippen LogP contribution in [0.25, 0.3) is 22.4 Å². The molecule has 0 bridgehead atoms. The highest BCUT2D eigenvalue weighted by atomic mass is 32.1. The summed E-state index contributed by atoms with van der Waals surface area (Å²) in [7, 11) is 1.70. The van der Waals surface area contributed by atoms with Gasteiger partial charge >= 0.3 is 6.18 Å². The van der Waals surface area contributed by atoms with Gasteiger partial charge in [0.05, 0.1) is 16.0 Å². The first-order valence-electron chi connectivity index (χ1n) is 10.3. The third-order valence-electron chi connectivity index (χ3n) is 5.90. The third-order valence-corrected chi connectivity index (χ3v) is 7.14. The Morgan fingerprint density at radius 1 is 1.18 bits per heavy atom. The highest BCUT2D eigenvalue weighted by molar-refractivity contribution is 7.14. The van der Waals surface area contributed by atoms with Crippen molar-refractivity contribution in [1.29, 1.82) is 0 Å². The molecule has 34 heavy (non-hydrogen) atoms. The van der Waals surface area contributed by atoms with E-state index in [1.54, 1.807) is 40.2 Å². The maximum atomic E-state index is 13.2. The van der Waals surface area contributed by atoms with Crippen molar-refractivity contribution in [2.45, 2.75) is 19.1 Å². The van der Waals surface area contributed by atoms with Gasteiger partial charge in [-0.05, 0) is 30.2 Å². The molecule has 5 rings (SSSR count). The predicted octanol–water partition coefficient (Wildman–Crippen LogP) is 4.84. The number of carbonyl (C=O) groups excluding carboxylic acids is 2. The zero-order valence-electron chi connectivity index (χ0n) is 17.8. The first kappa shape index (κ1) is 22.2. The molecule has 0 saturated carbocycles. The number of aromatic nitrogens is 1. The summed E-state index contributed by atoms with van der Waals surface area (Å²) in [5, 5.41) is 8.84. The van der Waals surface area contributed by atoms with Gasteiger partial charge in [0.25, 0.3) is 11.8 Å². The molecule has 7 nitrogen and oxygen atoms in total. The standard InChI is InChI=1S/C23H18F3N3O4S/c1-28-15-9-17(12-3-2-4-14(7-12)23(24,25)26)33-18(15)10-16(28)22(31)29-6-5-19-13(11-29)8-20(34-19)21(30)27-32/h2-4,7-10,32H,5-6,11H2,1H3,(H,27,30). The number of nitrogens with zero attached hydrogens (tertiary/aromatic N) is 2. The number of halogens is 3. The van der Waals surface area contributed by atoms with E-state index in [9.17, 15) is 22.8 Å². The smallest absolute Gasteiger partial charge is 0.416 e. The van der Waals surface area contributed by atoms with E-state index < -0.39 is 17.6 Å². The van der Waals surface area contributed by atoms with Crippen molar-refractivity contribution in [3.8, 4) is 11.3 Å². The van der Waals surface area contributed by atoms with Gasteiger partial charge in [-0.1, -0.05) is 12.1 Å². The summed E-state index contributed by atoms with van der Waals surface area (Å²) in [4.78, 5) is 27.9. The molecular formula is C23H18F3N3O4S. The molecule has 176 valence electrons. The molecule has 2 N–H and O–H groups in total. The summed E-state index contributed by atoms with van der Waals surface area (Å²) in [6.07, 6.45) is -3.87. The largest absolute Gasteiger partial charge is 0.454 e. The number of carbonyl (C=O) groups is 2. The highest BCUT2D eigenvalue weighted by Crippen LogP contribution is 2.35. The molecule has 0 unspecified atom stereocenters. The van der Waals surface area contributed by atoms with Crippen LogP contribution in [0.3, 0.4) is 0 Å². The van der Waals surface area contributed by atoms with Crippen molar-refractivity contribution in [3.05, 3.63) is 69.0 Å². The summed E-state index contributed by atoms with van der Waals surface area (Å²) < 4.78 is 46.6. The molecule has 0 radical (unpaired) electrons. The number of fused-ring (bicyclic) bond motifs is 2. The van der Waals surface area contributed by atoms with E-state index in [1.807, 2.05) is 0 Å². The zero-order valence-corrected chi connectivity index (χ0v) is 18.6. The lowest BCUT2D eigenvalue weighted by Gasteiger charge is -2.27. The van der Waals surface area contributed by atoms with Gasteiger partial charge in [-0.25, -0.2) is 5.48 Å². The first-order chi connectivity index (χ1) is 16.2. The van der Waals surface area contributed by atoms with Crippen LogP contribution in [-0.4, -0.2) is 33.0 Å². The fourth-order valence-corrected chi connectivity index (χ4v) is 5.20. The van der Waals surface area contributed by atoms with Crippen molar-refractivity contribution >= 4 is 34.3 Å². The van der Waals surface area contributed by atoms with Gasteiger partial charge in [-0.15, -0.1) is 11.3 Å². The Balaban J connectivity index is 1.41. The molecule has 0 fully saturated rings. The van der Waals surface area contributed by atoms with Gasteiger partial charge in [0.1, 0.15) is 11.5 Å². The molecule has 11 heteroatoms. The number of alkyl halides is 3. The van der Waals surface area contributed by atoms with E-state index in [2.05, 4.69) is 0 Å². The third kappa shape index (κ3) is 3.76. The Bertz CT molecular complexity index is 1430. The fraction of sp³-hybridized carbons (Fsp3) is 0.217. The second-order valence-electron chi connectivity index (χ2n) is 8.00. The minimum absolute atomic E-state index is 0.223. The lowest BCUT2D eigenvalue weighted by molar-refractivity contribution is -0.137. The van der Waals surface area contributed by atoms with Crippen molar-refractivity contribution < 1.29 is 32.4 Å². The van der Waals surface area contributed by atoms with Crippen LogP contribution in [0.15, 0.2) is 46.9 Å². The molecule has 1 aromatic carbocycles. The summed E-state index contributed by atoms with van der Waals surface area (Å²) in [5.41, 5.74) is 3.37. The van der Waals surface area contributed by atoms with Gasteiger partial charge in [-0.3, -0.25) is 14.8 Å². The summed E-state index contributed by atoms with van der Waals surface area (Å²) >= 11 is 1.29. The molecule has 1 aliphatic heterocycles. The Kier molecular flexibility index (Phi) is 5.25. The fourth-order valence-electron chi connectivity index (χ4n) is 4.14. The van der Waals surface area contributed by atoms with Crippen molar-refractivity contribution in [1.82, 2.24) is 14.9 Å². The number of nitrogens with one attached hydrogen (secondary N) is 1. The highest BCUT2D eigenvalue weighted by Gasteiger charge is 2.31. The number of aryl methyl sites for hydroxylation is 1. The van der Waals surface area contributed by atoms with E-state index in [-0.39, 0.29) is 11.7 Å². The minimum atomic E-state index is -4.46. The van der Waals surface area contributed by atoms with E-state index >= 15 is 0 Å². The number of furan rings is 1. The van der Waals surface area contributed by atoms with Crippen LogP contribution >= 0.6 is 11.3 Å². The lowest BCUT2D eigenvalue weighted by Crippen LogP contribution is -2.36. The van der Waals surface area contributed by atoms with Crippen molar-refractivity contribution in [3.63, 3.8) is 0 Å². The topological polar surface area (TPSA) is 87.7 Å². The molecule has 0 spiro atoms. The average molecular weight is 489 g/mol. The maximum absolute atomic E-state index is 13.2. The van der Waals surface area contributed by atoms with Crippen molar-refractivity contribution in [2.75, 3.05) is 6.54 Å². The van der Waals surface area contributed by atoms with Crippen LogP contribution in [0.5, 0.6) is 0 Å². The molecule has 0 saturated heterocycles. The maximum Gasteiger partial charge on any atom is 0.416 e. The second-order valence-corrected chi connectivity index (χ2v) is 9.14. The number of hydrogen-bond donors (Lipinski definition) is 2. The number of benzene rings is 1. The summed E-state index contributed by atoms with van der Waals surface area (Å²) in [6, 6.07) is 9.77. The van der Waals surface area contributed by atoms with Gasteiger partial charge in [0, 0.05) is 42.7 Å². The lowest BCUT2D eigenvalue weighted by atomic mass is 10.1. The van der Waals surface area contributed by atoms with Crippen LogP contribution in [0.1, 0.15) is 36.2 Å². The molecule has 0 aliphatic carbocycles. The molecule has 3 aromatic heterocycles. The number of amides is 2. The molecule has 1 aliphatic rings. The van der Waals surface area contributed by atoms with Crippen LogP contribution in [0.4, 0.5) is 13.2 Å². The molecular weight excluding hydrogens is 471 g/mol. The predicted molar refractivity (Wildman–Crippen MR) is 118 cm³/mol. The number of hydroxylamine groups is 1. The second kappa shape index (κ2) is 8.03. The first-order valence-corrected chi connectivity index (χ1v) is 11.1. The molecule has 0 atom stereocenters. The quantitative estimate of drug-likeness (QED) is 0.319. The Morgan fingerprint density at radius 2 is 1.97 bits per heavy atom. The Labute approximate surface area is 195 Å². The number of rotatable bonds is 3. The number of hydrogen-bond acceptors (Lipinski definition) is 5. The summed E-state index contributed by atoms with van der Waals surface area (Å²) in [5.74, 6) is -0.530. The monoisotopic (exact) mass is 489 g/mol. The van der Waals surface area contributed by atoms with Crippen molar-refractivity contribution in [2.24, 2.45) is 7.05 Å². The Hall–Kier alpha value is -3.57. The van der Waals surface area contributed by atoms with Gasteiger partial charge in [-0.2, -0.15) is 13.2 Å².